The Bertz CT molecular complexity index is 175. The molecule has 0 saturated heterocycles. The van der Waals surface area contributed by atoms with Gasteiger partial charge < -0.3 is 23.8 Å². The van der Waals surface area contributed by atoms with Crippen LogP contribution < -0.4 is 0 Å². The SMILES string of the molecule is [CH-]=C(C)C(=[C-]C)C(C)(C)C.[V]=[W]. The zero-order chi connectivity index (χ0) is 10.4. The summed E-state index contributed by atoms with van der Waals surface area (Å²) in [6, 6.07) is 0. The van der Waals surface area contributed by atoms with E-state index < -0.39 is 0 Å². The molecule has 0 heterocycles. The Hall–Kier alpha value is 0.753. The van der Waals surface area contributed by atoms with Crippen LogP contribution in [0.2, 0.25) is 0 Å². The molecule has 69 valence electrons. The van der Waals surface area contributed by atoms with Crippen molar-refractivity contribution in [2.45, 2.75) is 34.6 Å². The average molecular weight is 371 g/mol. The molecule has 0 aromatic rings. The summed E-state index contributed by atoms with van der Waals surface area (Å²) in [4.78, 5) is 0. The molecule has 12 heavy (non-hydrogen) atoms. The third kappa shape index (κ3) is 6.29. The van der Waals surface area contributed by atoms with E-state index in [-0.39, 0.29) is 5.41 Å². The van der Waals surface area contributed by atoms with Crippen molar-refractivity contribution >= 4 is 0 Å². The zero-order valence-electron chi connectivity index (χ0n) is 8.43. The van der Waals surface area contributed by atoms with Crippen LogP contribution in [0.3, 0.4) is 0 Å². The van der Waals surface area contributed by atoms with Gasteiger partial charge in [0, 0.05) is 0 Å². The standard InChI is InChI=1S/C10H16.V.W/c1-7-9(8(2)3)10(4,5)6;;/h2H,1,3-6H3;;/q-2;;. The van der Waals surface area contributed by atoms with Gasteiger partial charge in [-0.05, 0) is 0 Å². The van der Waals surface area contributed by atoms with Gasteiger partial charge in [-0.2, -0.15) is 0 Å². The Morgan fingerprint density at radius 1 is 1.33 bits per heavy atom. The van der Waals surface area contributed by atoms with E-state index >= 15 is 0 Å². The van der Waals surface area contributed by atoms with Crippen LogP contribution in [-0.2, 0) is 30.9 Å². The molecular weight excluding hydrogens is 355 g/mol. The fourth-order valence-electron chi connectivity index (χ4n) is 1.16. The first-order valence-corrected chi connectivity index (χ1v) is 9.70. The summed E-state index contributed by atoms with van der Waals surface area (Å²) in [7, 11) is 0. The van der Waals surface area contributed by atoms with Gasteiger partial charge in [-0.25, -0.2) is 0 Å². The van der Waals surface area contributed by atoms with Crippen molar-refractivity contribution in [1.29, 1.82) is 0 Å². The predicted molar refractivity (Wildman–Crippen MR) is 45.4 cm³/mol. The molecule has 2 heteroatoms. The Morgan fingerprint density at radius 2 is 1.67 bits per heavy atom. The van der Waals surface area contributed by atoms with Crippen LogP contribution in [0, 0.1) is 18.1 Å². The molecule has 0 amide bonds. The van der Waals surface area contributed by atoms with Gasteiger partial charge in [-0.1, -0.05) is 20.8 Å². The number of rotatable bonds is 1. The topological polar surface area (TPSA) is 0 Å². The van der Waals surface area contributed by atoms with E-state index in [4.69, 9.17) is 6.58 Å². The molecule has 0 rings (SSSR count). The summed E-state index contributed by atoms with van der Waals surface area (Å²) in [5, 5.41) is 0. The number of hydrogen-bond acceptors (Lipinski definition) is 0. The van der Waals surface area contributed by atoms with E-state index in [1.54, 1.807) is 0 Å². The fraction of sp³-hybridized carbons (Fsp3) is 0.600. The molecule has 0 bridgehead atoms. The van der Waals surface area contributed by atoms with E-state index in [0.29, 0.717) is 0 Å². The quantitative estimate of drug-likeness (QED) is 0.491. The molecule has 0 nitrogen and oxygen atoms in total. The first kappa shape index (κ1) is 15.2. The van der Waals surface area contributed by atoms with Crippen LogP contribution in [-0.4, -0.2) is 0 Å². The molecule has 0 atom stereocenters. The van der Waals surface area contributed by atoms with Gasteiger partial charge in [0.15, 0.2) is 0 Å². The summed E-state index contributed by atoms with van der Waals surface area (Å²) in [6.07, 6.45) is 3.10. The van der Waals surface area contributed by atoms with Crippen molar-refractivity contribution in [1.82, 2.24) is 0 Å². The number of allylic oxidation sites excluding steroid dienone is 3. The fourth-order valence-corrected chi connectivity index (χ4v) is 1.16. The summed E-state index contributed by atoms with van der Waals surface area (Å²) < 4.78 is 0. The van der Waals surface area contributed by atoms with Crippen molar-refractivity contribution in [3.8, 4) is 0 Å². The van der Waals surface area contributed by atoms with Gasteiger partial charge in [-0.3, -0.25) is 0 Å². The second-order valence-electron chi connectivity index (χ2n) is 3.56. The average Bonchev–Trinajstić information content (AvgIpc) is 1.89. The van der Waals surface area contributed by atoms with Gasteiger partial charge in [0.25, 0.3) is 0 Å². The summed E-state index contributed by atoms with van der Waals surface area (Å²) in [6.45, 7) is 15.9. The van der Waals surface area contributed by atoms with Crippen LogP contribution in [0.5, 0.6) is 0 Å². The van der Waals surface area contributed by atoms with E-state index in [9.17, 15) is 0 Å². The zero-order valence-corrected chi connectivity index (χ0v) is 12.8. The van der Waals surface area contributed by atoms with Crippen LogP contribution in [0.15, 0.2) is 11.1 Å². The van der Waals surface area contributed by atoms with Crippen LogP contribution in [0.4, 0.5) is 0 Å². The summed E-state index contributed by atoms with van der Waals surface area (Å²) >= 11 is 3.92. The molecule has 0 radical (unpaired) electrons. The maximum absolute atomic E-state index is 5.65. The normalized spacial score (nSPS) is 11.5. The molecule has 0 fully saturated rings. The molecule has 0 unspecified atom stereocenters. The van der Waals surface area contributed by atoms with Crippen LogP contribution in [0.25, 0.3) is 0 Å². The molecular formula is C10H16VW-2. The molecule has 0 aliphatic carbocycles. The van der Waals surface area contributed by atoms with Gasteiger partial charge in [0.1, 0.15) is 0 Å². The second-order valence-corrected chi connectivity index (χ2v) is 3.56. The van der Waals surface area contributed by atoms with E-state index in [1.165, 1.54) is 16.8 Å². The third-order valence-corrected chi connectivity index (χ3v) is 1.39. The van der Waals surface area contributed by atoms with E-state index in [1.807, 2.05) is 13.8 Å². The molecule has 0 aromatic heterocycles. The van der Waals surface area contributed by atoms with E-state index in [2.05, 4.69) is 40.9 Å². The molecule has 0 N–H and O–H groups in total. The monoisotopic (exact) mass is 371 g/mol. The van der Waals surface area contributed by atoms with Gasteiger partial charge in [0.05, 0.1) is 0 Å². The van der Waals surface area contributed by atoms with E-state index in [0.717, 1.165) is 11.1 Å². The van der Waals surface area contributed by atoms with Crippen molar-refractivity contribution in [3.05, 3.63) is 23.8 Å². The minimum atomic E-state index is 0.133. The van der Waals surface area contributed by atoms with Crippen LogP contribution >= 0.6 is 0 Å². The van der Waals surface area contributed by atoms with Gasteiger partial charge >= 0.3 is 30.9 Å². The number of hydrogen-bond donors (Lipinski definition) is 0. The molecule has 0 saturated carbocycles. The second kappa shape index (κ2) is 7.18. The van der Waals surface area contributed by atoms with Gasteiger partial charge in [0.2, 0.25) is 0 Å². The summed E-state index contributed by atoms with van der Waals surface area (Å²) in [5.41, 5.74) is 2.12. The minimum absolute atomic E-state index is 0.133. The van der Waals surface area contributed by atoms with Gasteiger partial charge in [-0.15, -0.1) is 19.3 Å². The Balaban J connectivity index is 0. The van der Waals surface area contributed by atoms with Crippen LogP contribution in [0.1, 0.15) is 34.6 Å². The van der Waals surface area contributed by atoms with Crippen molar-refractivity contribution in [2.24, 2.45) is 5.41 Å². The molecule has 0 spiro atoms. The first-order valence-electron chi connectivity index (χ1n) is 3.72. The predicted octanol–water partition coefficient (Wildman–Crippen LogP) is 3.16. The van der Waals surface area contributed by atoms with Crippen molar-refractivity contribution in [3.63, 3.8) is 0 Å². The Morgan fingerprint density at radius 3 is 1.67 bits per heavy atom. The molecule has 0 aromatic carbocycles. The third-order valence-electron chi connectivity index (χ3n) is 1.39. The first-order chi connectivity index (χ1) is 5.39. The Kier molecular flexibility index (Phi) is 9.12. The molecule has 0 aliphatic heterocycles. The Labute approximate surface area is 94.3 Å². The molecule has 0 aliphatic rings. The summed E-state index contributed by atoms with van der Waals surface area (Å²) in [5.74, 6) is 0. The van der Waals surface area contributed by atoms with Crippen molar-refractivity contribution in [2.75, 3.05) is 0 Å². The van der Waals surface area contributed by atoms with Crippen molar-refractivity contribution < 1.29 is 30.9 Å². The maximum atomic E-state index is 5.65.